The maximum absolute atomic E-state index is 5.20. The van der Waals surface area contributed by atoms with Gasteiger partial charge in [0.25, 0.3) is 0 Å². The molecular formula is C22H42CuN6. The summed E-state index contributed by atoms with van der Waals surface area (Å²) in [5.41, 5.74) is 0. The quantitative estimate of drug-likeness (QED) is 0.416. The largest absolute Gasteiger partial charge is 2.00 e. The molecule has 2 saturated heterocycles. The fraction of sp³-hybridized carbons (Fsp3) is 0.909. The molecule has 4 atom stereocenters. The first-order valence-corrected chi connectivity index (χ1v) is 11.3. The summed E-state index contributed by atoms with van der Waals surface area (Å²) in [6, 6.07) is 1.82. The van der Waals surface area contributed by atoms with Gasteiger partial charge in [-0.2, -0.15) is 0 Å². The number of piperidine rings is 1. The van der Waals surface area contributed by atoms with E-state index in [0.717, 1.165) is 58.8 Å². The Morgan fingerprint density at radius 1 is 0.655 bits per heavy atom. The zero-order chi connectivity index (χ0) is 19.9. The molecule has 29 heavy (non-hydrogen) atoms. The van der Waals surface area contributed by atoms with Crippen molar-refractivity contribution < 1.29 is 17.1 Å². The third kappa shape index (κ3) is 8.96. The summed E-state index contributed by atoms with van der Waals surface area (Å²) in [4.78, 5) is 9.87. The van der Waals surface area contributed by atoms with Crippen molar-refractivity contribution in [1.82, 2.24) is 19.6 Å². The SMILES string of the molecule is CN1CCN(C)CC2CCCC(CN(C)CCN(C)CC3CC=CC(C1)[N-]3)[N-]2.[Cu+2]. The summed E-state index contributed by atoms with van der Waals surface area (Å²) in [5, 5.41) is 10.3. The van der Waals surface area contributed by atoms with Gasteiger partial charge in [-0.3, -0.25) is 0 Å². The van der Waals surface area contributed by atoms with Crippen molar-refractivity contribution in [2.75, 3.05) is 80.5 Å². The van der Waals surface area contributed by atoms with Crippen LogP contribution in [-0.2, 0) is 17.1 Å². The molecular weight excluding hydrogens is 412 g/mol. The Hall–Kier alpha value is 0.0195. The van der Waals surface area contributed by atoms with E-state index >= 15 is 0 Å². The Bertz CT molecular complexity index is 490. The zero-order valence-corrected chi connectivity index (χ0v) is 19.9. The van der Waals surface area contributed by atoms with Crippen molar-refractivity contribution in [3.63, 3.8) is 0 Å². The number of nitrogens with zero attached hydrogens (tertiary/aromatic N) is 6. The summed E-state index contributed by atoms with van der Waals surface area (Å²) in [6.07, 6.45) is 9.60. The van der Waals surface area contributed by atoms with Gasteiger partial charge in [-0.15, -0.1) is 30.2 Å². The van der Waals surface area contributed by atoms with Crippen molar-refractivity contribution in [3.8, 4) is 0 Å². The monoisotopic (exact) mass is 453 g/mol. The van der Waals surface area contributed by atoms with E-state index in [0.29, 0.717) is 24.2 Å². The van der Waals surface area contributed by atoms with Crippen LogP contribution in [0.25, 0.3) is 10.6 Å². The fourth-order valence-corrected chi connectivity index (χ4v) is 4.76. The van der Waals surface area contributed by atoms with Gasteiger partial charge in [-0.05, 0) is 54.4 Å². The van der Waals surface area contributed by atoms with E-state index in [9.17, 15) is 0 Å². The van der Waals surface area contributed by atoms with Gasteiger partial charge < -0.3 is 30.2 Å². The van der Waals surface area contributed by atoms with E-state index in [4.69, 9.17) is 10.6 Å². The Kier molecular flexibility index (Phi) is 11.1. The van der Waals surface area contributed by atoms with E-state index < -0.39 is 0 Å². The smallest absolute Gasteiger partial charge is 0.655 e. The van der Waals surface area contributed by atoms with Gasteiger partial charge >= 0.3 is 17.1 Å². The molecule has 0 amide bonds. The van der Waals surface area contributed by atoms with Crippen molar-refractivity contribution >= 4 is 0 Å². The van der Waals surface area contributed by atoms with Gasteiger partial charge in [-0.25, -0.2) is 0 Å². The first-order chi connectivity index (χ1) is 13.5. The molecule has 0 N–H and O–H groups in total. The Labute approximate surface area is 189 Å². The van der Waals surface area contributed by atoms with Gasteiger partial charge in [0.1, 0.15) is 0 Å². The van der Waals surface area contributed by atoms with Crippen LogP contribution in [-0.4, -0.2) is 124 Å². The van der Waals surface area contributed by atoms with Crippen LogP contribution in [0.5, 0.6) is 0 Å². The van der Waals surface area contributed by atoms with E-state index in [1.807, 2.05) is 0 Å². The van der Waals surface area contributed by atoms with Crippen LogP contribution in [0.1, 0.15) is 25.7 Å². The minimum Gasteiger partial charge on any atom is -0.655 e. The van der Waals surface area contributed by atoms with E-state index in [2.05, 4.69) is 59.9 Å². The molecule has 4 unspecified atom stereocenters. The fourth-order valence-electron chi connectivity index (χ4n) is 4.76. The molecule has 171 valence electrons. The molecule has 0 aliphatic carbocycles. The van der Waals surface area contributed by atoms with Crippen LogP contribution in [0, 0.1) is 0 Å². The van der Waals surface area contributed by atoms with Crippen LogP contribution in [0.2, 0.25) is 0 Å². The van der Waals surface area contributed by atoms with Crippen LogP contribution in [0.4, 0.5) is 0 Å². The van der Waals surface area contributed by atoms with Gasteiger partial charge in [-0.1, -0.05) is 31.8 Å². The minimum atomic E-state index is 0. The van der Waals surface area contributed by atoms with Crippen LogP contribution < -0.4 is 0 Å². The molecule has 3 heterocycles. The summed E-state index contributed by atoms with van der Waals surface area (Å²) in [7, 11) is 9.01. The third-order valence-electron chi connectivity index (χ3n) is 6.46. The molecule has 3 aliphatic rings. The summed E-state index contributed by atoms with van der Waals surface area (Å²) >= 11 is 0. The summed E-state index contributed by atoms with van der Waals surface area (Å²) in [6.45, 7) is 8.73. The van der Waals surface area contributed by atoms with Crippen molar-refractivity contribution in [2.24, 2.45) is 0 Å². The molecule has 3 aliphatic heterocycles. The van der Waals surface area contributed by atoms with E-state index in [-0.39, 0.29) is 17.1 Å². The van der Waals surface area contributed by atoms with Gasteiger partial charge in [0.15, 0.2) is 0 Å². The molecule has 2 fully saturated rings. The molecule has 0 spiro atoms. The van der Waals surface area contributed by atoms with Crippen LogP contribution in [0.3, 0.4) is 0 Å². The van der Waals surface area contributed by atoms with Crippen LogP contribution in [0.15, 0.2) is 12.2 Å². The standard InChI is InChI=1S/C22H42N6.Cu/c1-25-11-12-26(2)16-21-9-6-10-22(24-21)18-28(4)14-13-27(3)17-20-8-5-7-19(15-25)23-20;/h5,7,19-22H,6,8-18H2,1-4H3;/q-2;+2. The van der Waals surface area contributed by atoms with Crippen molar-refractivity contribution in [2.45, 2.75) is 49.9 Å². The number of likely N-dealkylation sites (N-methyl/N-ethyl adjacent to an activating group) is 4. The second kappa shape index (κ2) is 12.8. The molecule has 4 bridgehead atoms. The first-order valence-electron chi connectivity index (χ1n) is 11.3. The molecule has 1 radical (unpaired) electrons. The predicted octanol–water partition coefficient (Wildman–Crippen LogP) is 2.09. The van der Waals surface area contributed by atoms with Gasteiger partial charge in [0.2, 0.25) is 0 Å². The molecule has 0 aromatic heterocycles. The molecule has 0 aromatic carbocycles. The van der Waals surface area contributed by atoms with Crippen molar-refractivity contribution in [3.05, 3.63) is 22.8 Å². The number of fused-ring (bicyclic) bond motifs is 4. The Morgan fingerprint density at radius 3 is 1.69 bits per heavy atom. The molecule has 0 saturated carbocycles. The average Bonchev–Trinajstić information content (AvgIpc) is 2.65. The molecule has 3 rings (SSSR count). The topological polar surface area (TPSA) is 41.2 Å². The molecule has 7 heteroatoms. The third-order valence-corrected chi connectivity index (χ3v) is 6.46. The van der Waals surface area contributed by atoms with E-state index in [1.54, 1.807) is 0 Å². The summed E-state index contributed by atoms with van der Waals surface area (Å²) in [5.74, 6) is 0. The normalized spacial score (nSPS) is 35.4. The Morgan fingerprint density at radius 2 is 1.14 bits per heavy atom. The number of hydrogen-bond donors (Lipinski definition) is 0. The summed E-state index contributed by atoms with van der Waals surface area (Å²) < 4.78 is 0. The minimum absolute atomic E-state index is 0. The predicted molar refractivity (Wildman–Crippen MR) is 119 cm³/mol. The van der Waals surface area contributed by atoms with Crippen LogP contribution >= 0.6 is 0 Å². The first kappa shape index (κ1) is 25.3. The second-order valence-corrected chi connectivity index (χ2v) is 9.47. The average molecular weight is 454 g/mol. The molecule has 6 nitrogen and oxygen atoms in total. The second-order valence-electron chi connectivity index (χ2n) is 9.47. The van der Waals surface area contributed by atoms with Gasteiger partial charge in [0, 0.05) is 26.2 Å². The number of rotatable bonds is 0. The maximum atomic E-state index is 5.20. The molecule has 0 aromatic rings. The zero-order valence-electron chi connectivity index (χ0n) is 18.9. The Balaban J connectivity index is 0.00000300. The van der Waals surface area contributed by atoms with Crippen molar-refractivity contribution in [1.29, 1.82) is 0 Å². The van der Waals surface area contributed by atoms with Gasteiger partial charge in [0.05, 0.1) is 0 Å². The van der Waals surface area contributed by atoms with E-state index in [1.165, 1.54) is 19.3 Å². The maximum Gasteiger partial charge on any atom is 2.00 e. The number of hydrogen-bond acceptors (Lipinski definition) is 4.